The van der Waals surface area contributed by atoms with E-state index in [1.165, 1.54) is 16.7 Å². The van der Waals surface area contributed by atoms with E-state index < -0.39 is 30.0 Å². The maximum atomic E-state index is 13.4. The molecule has 4 heterocycles. The van der Waals surface area contributed by atoms with Crippen molar-refractivity contribution in [1.29, 1.82) is 0 Å². The zero-order valence-corrected chi connectivity index (χ0v) is 23.5. The van der Waals surface area contributed by atoms with Crippen molar-refractivity contribution in [3.8, 4) is 0 Å². The van der Waals surface area contributed by atoms with E-state index in [1.807, 2.05) is 6.07 Å². The number of piperidine rings is 1. The molecule has 2 aromatic carbocycles. The number of hydrogen-bond acceptors (Lipinski definition) is 9. The van der Waals surface area contributed by atoms with Crippen molar-refractivity contribution in [2.24, 2.45) is 5.73 Å². The van der Waals surface area contributed by atoms with Crippen LogP contribution in [0.2, 0.25) is 0 Å². The van der Waals surface area contributed by atoms with Crippen LogP contribution in [0.25, 0.3) is 0 Å². The fourth-order valence-corrected chi connectivity index (χ4v) is 5.89. The van der Waals surface area contributed by atoms with Gasteiger partial charge in [0.25, 0.3) is 5.91 Å². The zero-order chi connectivity index (χ0) is 30.1. The lowest BCUT2D eigenvalue weighted by Crippen LogP contribution is -2.53. The molecule has 2 fully saturated rings. The van der Waals surface area contributed by atoms with Gasteiger partial charge in [-0.3, -0.25) is 34.3 Å². The summed E-state index contributed by atoms with van der Waals surface area (Å²) in [5, 5.41) is 16.5. The first-order valence-electron chi connectivity index (χ1n) is 14.3. The van der Waals surface area contributed by atoms with E-state index in [2.05, 4.69) is 49.7 Å². The first kappa shape index (κ1) is 28.3. The smallest absolute Gasteiger partial charge is 0.259 e. The maximum Gasteiger partial charge on any atom is 0.259 e. The summed E-state index contributed by atoms with van der Waals surface area (Å²) in [6, 6.07) is 16.2. The van der Waals surface area contributed by atoms with Crippen molar-refractivity contribution in [2.75, 3.05) is 36.4 Å². The van der Waals surface area contributed by atoms with Crippen LogP contribution in [0.1, 0.15) is 56.5 Å². The van der Waals surface area contributed by atoms with Gasteiger partial charge in [0.05, 0.1) is 11.1 Å². The highest BCUT2D eigenvalue weighted by Crippen LogP contribution is 2.38. The Kier molecular flexibility index (Phi) is 7.78. The Labute approximate surface area is 248 Å². The first-order chi connectivity index (χ1) is 20.8. The Balaban J connectivity index is 1.03. The molecule has 12 nitrogen and oxygen atoms in total. The van der Waals surface area contributed by atoms with Crippen LogP contribution in [0.3, 0.4) is 0 Å². The lowest BCUT2D eigenvalue weighted by molar-refractivity contribution is -0.139. The molecule has 0 saturated carbocycles. The van der Waals surface area contributed by atoms with Crippen molar-refractivity contribution in [1.82, 2.24) is 20.1 Å². The second kappa shape index (κ2) is 11.8. The van der Waals surface area contributed by atoms with Gasteiger partial charge in [0.15, 0.2) is 6.23 Å². The number of nitrogens with one attached hydrogen (secondary N) is 2. The number of aromatic nitrogens is 1. The number of amides is 4. The highest BCUT2D eigenvalue weighted by atomic mass is 16.3. The summed E-state index contributed by atoms with van der Waals surface area (Å²) in [7, 11) is 0. The average molecular weight is 584 g/mol. The van der Waals surface area contributed by atoms with Crippen molar-refractivity contribution in [2.45, 2.75) is 38.2 Å². The van der Waals surface area contributed by atoms with E-state index in [0.717, 1.165) is 44.1 Å². The summed E-state index contributed by atoms with van der Waals surface area (Å²) in [5.41, 5.74) is 9.29. The Hall–Kier alpha value is -4.81. The number of anilines is 2. The number of primary amides is 1. The number of nitrogens with zero attached hydrogens (tertiary/aromatic N) is 4. The van der Waals surface area contributed by atoms with Gasteiger partial charge in [-0.2, -0.15) is 0 Å². The molecule has 43 heavy (non-hydrogen) atoms. The molecule has 1 aromatic heterocycles. The number of hydrogen-bond donors (Lipinski definition) is 4. The fraction of sp³-hybridized carbons (Fsp3) is 0.323. The van der Waals surface area contributed by atoms with Gasteiger partial charge in [0.1, 0.15) is 11.9 Å². The SMILES string of the molecule is NC(=O)c1ccc(N2CCN(Cc3ccc(CNc4cccc5c4C(=O)N([C@H]4CCC(=O)NC4=O)C5O)cc3)CC2)nc1. The number of nitrogens with two attached hydrogens (primary N) is 1. The predicted octanol–water partition coefficient (Wildman–Crippen LogP) is 1.37. The monoisotopic (exact) mass is 583 g/mol. The number of imide groups is 1. The molecule has 5 N–H and O–H groups in total. The van der Waals surface area contributed by atoms with Gasteiger partial charge in [-0.25, -0.2) is 4.98 Å². The van der Waals surface area contributed by atoms with E-state index >= 15 is 0 Å². The minimum atomic E-state index is -1.26. The number of rotatable bonds is 8. The summed E-state index contributed by atoms with van der Waals surface area (Å²) >= 11 is 0. The van der Waals surface area contributed by atoms with Gasteiger partial charge in [0.2, 0.25) is 17.7 Å². The lowest BCUT2D eigenvalue weighted by atomic mass is 10.0. The standard InChI is InChI=1S/C31H33N7O5/c32-28(40)21-8-10-25(34-17-21)37-14-12-36(13-15-37)18-20-6-4-19(5-7-20)16-33-23-3-1-2-22-27(23)31(43)38(30(22)42)24-9-11-26(39)35-29(24)41/h1-8,10,17,24,30,33,42H,9,11-16,18H2,(H2,32,40)(H,35,39,41)/t24-,30?/m0/s1. The molecule has 222 valence electrons. The first-order valence-corrected chi connectivity index (χ1v) is 14.3. The van der Waals surface area contributed by atoms with E-state index in [9.17, 15) is 24.3 Å². The van der Waals surface area contributed by atoms with Crippen LogP contribution in [0.4, 0.5) is 11.5 Å². The summed E-state index contributed by atoms with van der Waals surface area (Å²) < 4.78 is 0. The lowest BCUT2D eigenvalue weighted by Gasteiger charge is -2.35. The molecule has 1 unspecified atom stereocenters. The third-order valence-electron chi connectivity index (χ3n) is 8.27. The Bertz CT molecular complexity index is 1550. The van der Waals surface area contributed by atoms with Crippen LogP contribution >= 0.6 is 0 Å². The van der Waals surface area contributed by atoms with Gasteiger partial charge in [-0.15, -0.1) is 0 Å². The Morgan fingerprint density at radius 1 is 1.00 bits per heavy atom. The molecular formula is C31H33N7O5. The highest BCUT2D eigenvalue weighted by Gasteiger charge is 2.45. The van der Waals surface area contributed by atoms with E-state index in [1.54, 1.807) is 24.3 Å². The van der Waals surface area contributed by atoms with E-state index in [0.29, 0.717) is 28.9 Å². The summed E-state index contributed by atoms with van der Waals surface area (Å²) in [6.45, 7) is 4.74. The second-order valence-electron chi connectivity index (χ2n) is 11.0. The summed E-state index contributed by atoms with van der Waals surface area (Å²) in [6.07, 6.45) is 0.554. The quantitative estimate of drug-likeness (QED) is 0.287. The molecule has 3 aliphatic heterocycles. The molecule has 4 amide bonds. The van der Waals surface area contributed by atoms with Gasteiger partial charge >= 0.3 is 0 Å². The van der Waals surface area contributed by atoms with E-state index in [-0.39, 0.29) is 18.7 Å². The number of carbonyl (C=O) groups is 4. The molecule has 0 radical (unpaired) electrons. The number of fused-ring (bicyclic) bond motifs is 1. The minimum absolute atomic E-state index is 0.117. The predicted molar refractivity (Wildman–Crippen MR) is 158 cm³/mol. The molecule has 3 aromatic rings. The molecular weight excluding hydrogens is 550 g/mol. The topological polar surface area (TPSA) is 161 Å². The number of benzene rings is 2. The van der Waals surface area contributed by atoms with Crippen molar-refractivity contribution < 1.29 is 24.3 Å². The second-order valence-corrected chi connectivity index (χ2v) is 11.0. The van der Waals surface area contributed by atoms with Crippen LogP contribution in [-0.4, -0.2) is 75.7 Å². The molecule has 12 heteroatoms. The van der Waals surface area contributed by atoms with Gasteiger partial charge in [0, 0.05) is 63.1 Å². The van der Waals surface area contributed by atoms with Crippen molar-refractivity contribution >= 4 is 35.1 Å². The average Bonchev–Trinajstić information content (AvgIpc) is 3.27. The zero-order valence-electron chi connectivity index (χ0n) is 23.5. The number of carbonyl (C=O) groups excluding carboxylic acids is 4. The van der Waals surface area contributed by atoms with Crippen LogP contribution in [0.15, 0.2) is 60.8 Å². The molecule has 2 atom stereocenters. The van der Waals surface area contributed by atoms with Gasteiger partial charge in [-0.1, -0.05) is 36.4 Å². The molecule has 0 spiro atoms. The van der Waals surface area contributed by atoms with Crippen molar-refractivity contribution in [3.63, 3.8) is 0 Å². The Morgan fingerprint density at radius 3 is 2.42 bits per heavy atom. The minimum Gasteiger partial charge on any atom is -0.380 e. The Morgan fingerprint density at radius 2 is 1.74 bits per heavy atom. The molecule has 0 aliphatic carbocycles. The molecule has 6 rings (SSSR count). The van der Waals surface area contributed by atoms with Crippen molar-refractivity contribution in [3.05, 3.63) is 88.6 Å². The van der Waals surface area contributed by atoms with Crippen LogP contribution < -0.4 is 21.3 Å². The molecule has 3 aliphatic rings. The van der Waals surface area contributed by atoms with Gasteiger partial charge in [-0.05, 0) is 35.7 Å². The number of pyridine rings is 1. The normalized spacial score (nSPS) is 20.6. The number of aliphatic hydroxyl groups is 1. The largest absolute Gasteiger partial charge is 0.380 e. The molecule has 0 bridgehead atoms. The highest BCUT2D eigenvalue weighted by molar-refractivity contribution is 6.08. The van der Waals surface area contributed by atoms with Crippen LogP contribution in [-0.2, 0) is 22.7 Å². The number of piperazine rings is 1. The third-order valence-corrected chi connectivity index (χ3v) is 8.27. The summed E-state index contributed by atoms with van der Waals surface area (Å²) in [4.78, 5) is 58.8. The van der Waals surface area contributed by atoms with Crippen LogP contribution in [0.5, 0.6) is 0 Å². The van der Waals surface area contributed by atoms with Gasteiger partial charge < -0.3 is 21.1 Å². The summed E-state index contributed by atoms with van der Waals surface area (Å²) in [5.74, 6) is -1.03. The van der Waals surface area contributed by atoms with E-state index in [4.69, 9.17) is 5.73 Å². The van der Waals surface area contributed by atoms with Crippen LogP contribution in [0, 0.1) is 0 Å². The fourth-order valence-electron chi connectivity index (χ4n) is 5.89. The number of aliphatic hydroxyl groups excluding tert-OH is 1. The third kappa shape index (κ3) is 5.79. The molecule has 2 saturated heterocycles. The maximum absolute atomic E-state index is 13.4.